The van der Waals surface area contributed by atoms with E-state index in [2.05, 4.69) is 58.6 Å². The van der Waals surface area contributed by atoms with Crippen molar-refractivity contribution < 1.29 is 4.79 Å². The molecule has 1 fully saturated rings. The van der Waals surface area contributed by atoms with Gasteiger partial charge in [-0.3, -0.25) is 4.79 Å². The molecule has 0 unspecified atom stereocenters. The molecule has 0 atom stereocenters. The van der Waals surface area contributed by atoms with Crippen LogP contribution in [0.4, 0.5) is 0 Å². The number of hydrogen-bond acceptors (Lipinski definition) is 4. The van der Waals surface area contributed by atoms with Crippen molar-refractivity contribution in [1.29, 1.82) is 0 Å². The fraction of sp³-hybridized carbons (Fsp3) is 0.619. The smallest absolute Gasteiger partial charge is 0.243 e. The Hall–Kier alpha value is -1.73. The molecule has 1 aliphatic heterocycles. The second kappa shape index (κ2) is 12.0. The summed E-state index contributed by atoms with van der Waals surface area (Å²) >= 11 is 1.81. The topological polar surface area (TPSA) is 60.0 Å². The zero-order valence-electron chi connectivity index (χ0n) is 17.6. The first kappa shape index (κ1) is 22.6. The van der Waals surface area contributed by atoms with Crippen LogP contribution in [0, 0.1) is 0 Å². The summed E-state index contributed by atoms with van der Waals surface area (Å²) in [6.07, 6.45) is 2.19. The molecule has 1 saturated heterocycles. The van der Waals surface area contributed by atoms with Gasteiger partial charge in [-0.1, -0.05) is 18.2 Å². The number of benzene rings is 1. The van der Waals surface area contributed by atoms with Gasteiger partial charge in [0, 0.05) is 56.5 Å². The molecule has 1 amide bonds. The second-order valence-electron chi connectivity index (χ2n) is 7.59. The lowest BCUT2D eigenvalue weighted by Crippen LogP contribution is -2.50. The molecule has 0 radical (unpaired) electrons. The Bertz CT molecular complexity index is 612. The highest BCUT2D eigenvalue weighted by molar-refractivity contribution is 7.99. The predicted molar refractivity (Wildman–Crippen MR) is 119 cm³/mol. The highest BCUT2D eigenvalue weighted by Gasteiger charge is 2.21. The molecule has 2 N–H and O–H groups in total. The number of nitrogens with zero attached hydrogens (tertiary/aromatic N) is 3. The van der Waals surface area contributed by atoms with Gasteiger partial charge < -0.3 is 20.4 Å². The molecule has 0 spiro atoms. The van der Waals surface area contributed by atoms with Crippen molar-refractivity contribution in [2.75, 3.05) is 46.0 Å². The lowest BCUT2D eigenvalue weighted by Gasteiger charge is -2.35. The number of aliphatic imine (C=N–C) groups is 1. The summed E-state index contributed by atoms with van der Waals surface area (Å²) in [4.78, 5) is 21.8. The van der Waals surface area contributed by atoms with Crippen LogP contribution >= 0.6 is 11.8 Å². The van der Waals surface area contributed by atoms with Crippen molar-refractivity contribution in [3.05, 3.63) is 30.3 Å². The van der Waals surface area contributed by atoms with Crippen LogP contribution in [-0.2, 0) is 4.79 Å². The maximum absolute atomic E-state index is 11.9. The number of carbonyl (C=O) groups excluding carboxylic acids is 1. The Morgan fingerprint density at radius 2 is 1.93 bits per heavy atom. The van der Waals surface area contributed by atoms with Crippen molar-refractivity contribution >= 4 is 23.6 Å². The van der Waals surface area contributed by atoms with Gasteiger partial charge >= 0.3 is 0 Å². The highest BCUT2D eigenvalue weighted by atomic mass is 32.2. The van der Waals surface area contributed by atoms with E-state index in [9.17, 15) is 4.79 Å². The van der Waals surface area contributed by atoms with Gasteiger partial charge in [-0.05, 0) is 38.8 Å². The van der Waals surface area contributed by atoms with Crippen LogP contribution in [0.25, 0.3) is 0 Å². The Morgan fingerprint density at radius 1 is 1.25 bits per heavy atom. The molecule has 0 saturated carbocycles. The van der Waals surface area contributed by atoms with E-state index < -0.39 is 0 Å². The lowest BCUT2D eigenvalue weighted by atomic mass is 10.0. The minimum atomic E-state index is 0.00869. The SMILES string of the molecule is CC(C)N1CCC(NC(=NCC(=O)N(C)C)NCCSc2ccccc2)CC1. The summed E-state index contributed by atoms with van der Waals surface area (Å²) in [5.74, 6) is 1.69. The van der Waals surface area contributed by atoms with Gasteiger partial charge in [0.25, 0.3) is 0 Å². The number of thioether (sulfide) groups is 1. The molecule has 1 heterocycles. The maximum Gasteiger partial charge on any atom is 0.243 e. The number of nitrogens with one attached hydrogen (secondary N) is 2. The summed E-state index contributed by atoms with van der Waals surface area (Å²) in [7, 11) is 3.52. The first-order valence-electron chi connectivity index (χ1n) is 10.1. The summed E-state index contributed by atoms with van der Waals surface area (Å²) in [5, 5.41) is 6.94. The summed E-state index contributed by atoms with van der Waals surface area (Å²) < 4.78 is 0. The van der Waals surface area contributed by atoms with Gasteiger partial charge in [-0.25, -0.2) is 4.99 Å². The molecule has 156 valence electrons. The molecule has 0 bridgehead atoms. The van der Waals surface area contributed by atoms with E-state index in [4.69, 9.17) is 0 Å². The number of likely N-dealkylation sites (tertiary alicyclic amines) is 1. The van der Waals surface area contributed by atoms with E-state index in [0.717, 1.165) is 44.2 Å². The molecule has 1 aliphatic rings. The molecular weight excluding hydrogens is 370 g/mol. The van der Waals surface area contributed by atoms with Crippen molar-refractivity contribution in [3.8, 4) is 0 Å². The minimum Gasteiger partial charge on any atom is -0.356 e. The van der Waals surface area contributed by atoms with Gasteiger partial charge in [0.2, 0.25) is 5.91 Å². The Kier molecular flexibility index (Phi) is 9.64. The van der Waals surface area contributed by atoms with Crippen molar-refractivity contribution in [3.63, 3.8) is 0 Å². The number of guanidine groups is 1. The van der Waals surface area contributed by atoms with Gasteiger partial charge in [0.1, 0.15) is 6.54 Å². The predicted octanol–water partition coefficient (Wildman–Crippen LogP) is 2.27. The van der Waals surface area contributed by atoms with E-state index in [0.29, 0.717) is 12.1 Å². The maximum atomic E-state index is 11.9. The minimum absolute atomic E-state index is 0.00869. The van der Waals surface area contributed by atoms with Gasteiger partial charge in [0.15, 0.2) is 5.96 Å². The third kappa shape index (κ3) is 8.10. The quantitative estimate of drug-likeness (QED) is 0.301. The number of likely N-dealkylation sites (N-methyl/N-ethyl adjacent to an activating group) is 1. The van der Waals surface area contributed by atoms with Crippen LogP contribution in [0.5, 0.6) is 0 Å². The zero-order chi connectivity index (χ0) is 20.4. The average molecular weight is 406 g/mol. The van der Waals surface area contributed by atoms with E-state index in [-0.39, 0.29) is 12.5 Å². The summed E-state index contributed by atoms with van der Waals surface area (Å²) in [6.45, 7) is 7.66. The highest BCUT2D eigenvalue weighted by Crippen LogP contribution is 2.16. The van der Waals surface area contributed by atoms with Crippen LogP contribution in [0.3, 0.4) is 0 Å². The molecule has 6 nitrogen and oxygen atoms in total. The number of rotatable bonds is 8. The fourth-order valence-corrected chi connectivity index (χ4v) is 3.84. The number of hydrogen-bond donors (Lipinski definition) is 2. The fourth-order valence-electron chi connectivity index (χ4n) is 3.05. The molecule has 28 heavy (non-hydrogen) atoms. The zero-order valence-corrected chi connectivity index (χ0v) is 18.5. The van der Waals surface area contributed by atoms with Crippen molar-refractivity contribution in [2.24, 2.45) is 4.99 Å². The van der Waals surface area contributed by atoms with E-state index >= 15 is 0 Å². The third-order valence-corrected chi connectivity index (χ3v) is 5.89. The molecule has 0 aliphatic carbocycles. The van der Waals surface area contributed by atoms with E-state index in [1.807, 2.05) is 17.8 Å². The molecular formula is C21H35N5OS. The Balaban J connectivity index is 1.84. The monoisotopic (exact) mass is 405 g/mol. The van der Waals surface area contributed by atoms with Crippen LogP contribution in [-0.4, -0.2) is 79.8 Å². The second-order valence-corrected chi connectivity index (χ2v) is 8.76. The van der Waals surface area contributed by atoms with Crippen LogP contribution in [0.1, 0.15) is 26.7 Å². The normalized spacial score (nSPS) is 16.2. The first-order chi connectivity index (χ1) is 13.5. The summed E-state index contributed by atoms with van der Waals surface area (Å²) in [6, 6.07) is 11.4. The standard InChI is InChI=1S/C21H35N5OS/c1-17(2)26-13-10-18(11-14-26)24-21(23-16-20(27)25(3)4)22-12-15-28-19-8-6-5-7-9-19/h5-9,17-18H,10-16H2,1-4H3,(H2,22,23,24). The van der Waals surface area contributed by atoms with Gasteiger partial charge in [-0.15, -0.1) is 11.8 Å². The largest absolute Gasteiger partial charge is 0.356 e. The first-order valence-corrected chi connectivity index (χ1v) is 11.1. The Morgan fingerprint density at radius 3 is 2.54 bits per heavy atom. The molecule has 0 aromatic heterocycles. The molecule has 7 heteroatoms. The van der Waals surface area contributed by atoms with Crippen LogP contribution in [0.15, 0.2) is 40.2 Å². The van der Waals surface area contributed by atoms with Crippen LogP contribution in [0.2, 0.25) is 0 Å². The molecule has 1 aromatic carbocycles. The van der Waals surface area contributed by atoms with E-state index in [1.54, 1.807) is 19.0 Å². The average Bonchev–Trinajstić information content (AvgIpc) is 2.70. The van der Waals surface area contributed by atoms with Gasteiger partial charge in [0.05, 0.1) is 0 Å². The Labute approximate surface area is 174 Å². The lowest BCUT2D eigenvalue weighted by molar-refractivity contribution is -0.127. The summed E-state index contributed by atoms with van der Waals surface area (Å²) in [5.41, 5.74) is 0. The van der Waals surface area contributed by atoms with Crippen LogP contribution < -0.4 is 10.6 Å². The molecule has 2 rings (SSSR count). The van der Waals surface area contributed by atoms with Crippen molar-refractivity contribution in [1.82, 2.24) is 20.4 Å². The van der Waals surface area contributed by atoms with Crippen molar-refractivity contribution in [2.45, 2.75) is 43.7 Å². The number of carbonyl (C=O) groups is 1. The van der Waals surface area contributed by atoms with E-state index in [1.165, 1.54) is 4.90 Å². The number of piperidine rings is 1. The molecule has 1 aromatic rings. The third-order valence-electron chi connectivity index (χ3n) is 4.88. The number of amides is 1. The van der Waals surface area contributed by atoms with Gasteiger partial charge in [-0.2, -0.15) is 0 Å².